The molecule has 0 atom stereocenters. The van der Waals surface area contributed by atoms with E-state index in [2.05, 4.69) is 15.6 Å². The van der Waals surface area contributed by atoms with Crippen LogP contribution in [-0.2, 0) is 0 Å². The second-order valence-corrected chi connectivity index (χ2v) is 3.39. The van der Waals surface area contributed by atoms with Crippen molar-refractivity contribution in [3.8, 4) is 0 Å². The predicted octanol–water partition coefficient (Wildman–Crippen LogP) is 2.38. The monoisotopic (exact) mass is 215 g/mol. The summed E-state index contributed by atoms with van der Waals surface area (Å²) in [7, 11) is 0. The minimum absolute atomic E-state index is 0.188. The number of nitrogens with zero attached hydrogens (tertiary/aromatic N) is 1. The van der Waals surface area contributed by atoms with Gasteiger partial charge in [-0.3, -0.25) is 4.98 Å². The highest BCUT2D eigenvalue weighted by atomic mass is 16.2. The van der Waals surface area contributed by atoms with E-state index in [9.17, 15) is 4.79 Å². The van der Waals surface area contributed by atoms with Crippen LogP contribution < -0.4 is 10.6 Å². The van der Waals surface area contributed by atoms with Gasteiger partial charge in [-0.15, -0.1) is 0 Å². The second kappa shape index (κ2) is 4.61. The Kier molecular flexibility index (Phi) is 3.00. The van der Waals surface area contributed by atoms with Gasteiger partial charge in [0.05, 0.1) is 5.69 Å². The molecule has 4 heteroatoms. The molecule has 0 saturated heterocycles. The third kappa shape index (κ3) is 2.11. The van der Waals surface area contributed by atoms with Crippen LogP contribution in [0.4, 0.5) is 10.5 Å². The Balaban J connectivity index is 2.33. The zero-order valence-corrected chi connectivity index (χ0v) is 9.03. The predicted molar refractivity (Wildman–Crippen MR) is 64.4 cm³/mol. The third-order valence-corrected chi connectivity index (χ3v) is 2.27. The molecule has 1 heterocycles. The number of pyridine rings is 1. The number of carbonyl (C=O) groups is 1. The minimum atomic E-state index is -0.188. The molecule has 0 radical (unpaired) electrons. The van der Waals surface area contributed by atoms with Gasteiger partial charge in [-0.1, -0.05) is 12.1 Å². The molecule has 4 nitrogen and oxygen atoms in total. The second-order valence-electron chi connectivity index (χ2n) is 3.39. The largest absolute Gasteiger partial charge is 0.338 e. The molecule has 16 heavy (non-hydrogen) atoms. The number of anilines is 1. The first-order chi connectivity index (χ1) is 7.81. The molecule has 2 aromatic rings. The van der Waals surface area contributed by atoms with E-state index < -0.39 is 0 Å². The van der Waals surface area contributed by atoms with Crippen LogP contribution in [0.3, 0.4) is 0 Å². The number of benzene rings is 1. The summed E-state index contributed by atoms with van der Waals surface area (Å²) in [5.41, 5.74) is 0.797. The van der Waals surface area contributed by atoms with Gasteiger partial charge in [0.15, 0.2) is 0 Å². The highest BCUT2D eigenvalue weighted by Gasteiger charge is 2.03. The van der Waals surface area contributed by atoms with E-state index in [1.807, 2.05) is 31.2 Å². The van der Waals surface area contributed by atoms with Gasteiger partial charge in [0.1, 0.15) is 0 Å². The first-order valence-corrected chi connectivity index (χ1v) is 5.19. The Morgan fingerprint density at radius 2 is 2.25 bits per heavy atom. The van der Waals surface area contributed by atoms with Crippen molar-refractivity contribution in [2.75, 3.05) is 11.9 Å². The van der Waals surface area contributed by atoms with Gasteiger partial charge < -0.3 is 10.6 Å². The molecule has 0 aliphatic heterocycles. The molecular formula is C12H13N3O. The van der Waals surface area contributed by atoms with E-state index in [0.29, 0.717) is 6.54 Å². The Labute approximate surface area is 93.7 Å². The zero-order valence-electron chi connectivity index (χ0n) is 9.03. The minimum Gasteiger partial charge on any atom is -0.338 e. The molecule has 1 aromatic heterocycles. The lowest BCUT2D eigenvalue weighted by Gasteiger charge is -2.08. The van der Waals surface area contributed by atoms with E-state index in [1.165, 1.54) is 0 Å². The molecule has 0 spiro atoms. The number of urea groups is 1. The Morgan fingerprint density at radius 3 is 3.06 bits per heavy atom. The van der Waals surface area contributed by atoms with Gasteiger partial charge in [-0.25, -0.2) is 4.79 Å². The fourth-order valence-corrected chi connectivity index (χ4v) is 1.56. The van der Waals surface area contributed by atoms with E-state index >= 15 is 0 Å². The van der Waals surface area contributed by atoms with Crippen molar-refractivity contribution < 1.29 is 4.79 Å². The molecule has 82 valence electrons. The van der Waals surface area contributed by atoms with Crippen molar-refractivity contribution in [1.82, 2.24) is 10.3 Å². The summed E-state index contributed by atoms with van der Waals surface area (Å²) < 4.78 is 0. The topological polar surface area (TPSA) is 54.0 Å². The van der Waals surface area contributed by atoms with Crippen LogP contribution in [0.2, 0.25) is 0 Å². The van der Waals surface area contributed by atoms with E-state index in [-0.39, 0.29) is 6.03 Å². The van der Waals surface area contributed by atoms with Crippen LogP contribution in [0.1, 0.15) is 6.92 Å². The summed E-state index contributed by atoms with van der Waals surface area (Å²) in [5.74, 6) is 0. The molecule has 2 amide bonds. The number of hydrogen-bond acceptors (Lipinski definition) is 2. The molecule has 0 saturated carbocycles. The highest BCUT2D eigenvalue weighted by molar-refractivity contribution is 6.01. The standard InChI is InChI=1S/C12H13N3O/c1-2-14-12(16)15-11-5-3-4-9-8-13-7-6-10(9)11/h3-8H,2H2,1H3,(H2,14,15,16). The number of fused-ring (bicyclic) bond motifs is 1. The Hall–Kier alpha value is -2.10. The van der Waals surface area contributed by atoms with E-state index in [4.69, 9.17) is 0 Å². The maximum absolute atomic E-state index is 11.4. The number of carbonyl (C=O) groups excluding carboxylic acids is 1. The number of amides is 2. The van der Waals surface area contributed by atoms with E-state index in [0.717, 1.165) is 16.5 Å². The lowest BCUT2D eigenvalue weighted by Crippen LogP contribution is -2.28. The van der Waals surface area contributed by atoms with Crippen molar-refractivity contribution in [2.24, 2.45) is 0 Å². The van der Waals surface area contributed by atoms with Crippen molar-refractivity contribution in [3.05, 3.63) is 36.7 Å². The molecule has 1 aromatic carbocycles. The summed E-state index contributed by atoms with van der Waals surface area (Å²) in [6.45, 7) is 2.49. The van der Waals surface area contributed by atoms with Gasteiger partial charge in [-0.2, -0.15) is 0 Å². The molecule has 2 rings (SSSR count). The normalized spacial score (nSPS) is 10.1. The molecular weight excluding hydrogens is 202 g/mol. The molecule has 0 unspecified atom stereocenters. The molecule has 0 aliphatic carbocycles. The van der Waals surface area contributed by atoms with Gasteiger partial charge in [-0.05, 0) is 19.1 Å². The first kappa shape index (κ1) is 10.4. The fraction of sp³-hybridized carbons (Fsp3) is 0.167. The van der Waals surface area contributed by atoms with Gasteiger partial charge >= 0.3 is 6.03 Å². The highest BCUT2D eigenvalue weighted by Crippen LogP contribution is 2.21. The van der Waals surface area contributed by atoms with Gasteiger partial charge in [0, 0.05) is 29.7 Å². The van der Waals surface area contributed by atoms with Crippen LogP contribution >= 0.6 is 0 Å². The molecule has 0 aliphatic rings. The Morgan fingerprint density at radius 1 is 1.38 bits per heavy atom. The Bertz CT molecular complexity index is 505. The molecule has 0 bridgehead atoms. The average molecular weight is 215 g/mol. The van der Waals surface area contributed by atoms with Crippen LogP contribution in [0.15, 0.2) is 36.7 Å². The SMILES string of the molecule is CCNC(=O)Nc1cccc2cnccc12. The molecule has 2 N–H and O–H groups in total. The molecule has 0 fully saturated rings. The van der Waals surface area contributed by atoms with Crippen molar-refractivity contribution in [3.63, 3.8) is 0 Å². The van der Waals surface area contributed by atoms with Crippen LogP contribution in [0, 0.1) is 0 Å². The van der Waals surface area contributed by atoms with Crippen molar-refractivity contribution in [2.45, 2.75) is 6.92 Å². The summed E-state index contributed by atoms with van der Waals surface area (Å²) in [4.78, 5) is 15.5. The summed E-state index contributed by atoms with van der Waals surface area (Å²) in [6, 6.07) is 7.43. The summed E-state index contributed by atoms with van der Waals surface area (Å²) in [5, 5.41) is 7.50. The van der Waals surface area contributed by atoms with Crippen LogP contribution in [0.5, 0.6) is 0 Å². The summed E-state index contributed by atoms with van der Waals surface area (Å²) >= 11 is 0. The maximum Gasteiger partial charge on any atom is 0.319 e. The van der Waals surface area contributed by atoms with Crippen LogP contribution in [-0.4, -0.2) is 17.6 Å². The number of hydrogen-bond donors (Lipinski definition) is 2. The fourth-order valence-electron chi connectivity index (χ4n) is 1.56. The zero-order chi connectivity index (χ0) is 11.4. The maximum atomic E-state index is 11.4. The first-order valence-electron chi connectivity index (χ1n) is 5.19. The summed E-state index contributed by atoms with van der Waals surface area (Å²) in [6.07, 6.45) is 3.49. The van der Waals surface area contributed by atoms with Crippen molar-refractivity contribution >= 4 is 22.5 Å². The van der Waals surface area contributed by atoms with E-state index in [1.54, 1.807) is 12.4 Å². The third-order valence-electron chi connectivity index (χ3n) is 2.27. The lowest BCUT2D eigenvalue weighted by atomic mass is 10.1. The quantitative estimate of drug-likeness (QED) is 0.808. The number of nitrogens with one attached hydrogen (secondary N) is 2. The average Bonchev–Trinajstić information content (AvgIpc) is 2.30. The lowest BCUT2D eigenvalue weighted by molar-refractivity contribution is 0.252. The van der Waals surface area contributed by atoms with Crippen LogP contribution in [0.25, 0.3) is 10.8 Å². The van der Waals surface area contributed by atoms with Crippen molar-refractivity contribution in [1.29, 1.82) is 0 Å². The smallest absolute Gasteiger partial charge is 0.319 e. The number of rotatable bonds is 2. The number of aromatic nitrogens is 1. The van der Waals surface area contributed by atoms with Gasteiger partial charge in [0.25, 0.3) is 0 Å². The van der Waals surface area contributed by atoms with Gasteiger partial charge in [0.2, 0.25) is 0 Å².